The van der Waals surface area contributed by atoms with E-state index < -0.39 is 0 Å². The van der Waals surface area contributed by atoms with Crippen LogP contribution in [0.1, 0.15) is 36.9 Å². The van der Waals surface area contributed by atoms with Crippen molar-refractivity contribution in [3.8, 4) is 10.6 Å². The highest BCUT2D eigenvalue weighted by molar-refractivity contribution is 8.01. The summed E-state index contributed by atoms with van der Waals surface area (Å²) in [5, 5.41) is 6.92. The van der Waals surface area contributed by atoms with Gasteiger partial charge in [0.2, 0.25) is 5.91 Å². The largest absolute Gasteiger partial charge is 0.375 e. The fourth-order valence-electron chi connectivity index (χ4n) is 3.89. The Bertz CT molecular complexity index is 1130. The van der Waals surface area contributed by atoms with Crippen LogP contribution in [0, 0.1) is 6.92 Å². The van der Waals surface area contributed by atoms with Crippen LogP contribution >= 0.6 is 57.6 Å². The van der Waals surface area contributed by atoms with Crippen molar-refractivity contribution in [1.29, 1.82) is 0 Å². The van der Waals surface area contributed by atoms with Crippen molar-refractivity contribution < 1.29 is 4.79 Å². The van der Waals surface area contributed by atoms with Crippen molar-refractivity contribution in [1.82, 2.24) is 20.2 Å². The van der Waals surface area contributed by atoms with E-state index in [4.69, 9.17) is 28.9 Å². The van der Waals surface area contributed by atoms with E-state index >= 15 is 0 Å². The molecule has 0 spiro atoms. The standard InChI is InChI=1S/C23H27Cl2N5OS3/c1-14-21(19-13-33-22(26)29-19)34-23(27-14)32-10-2-3-20(31)28-16-6-8-30(9-7-16)12-15-4-5-17(24)18(25)11-15/h4-5,11,13,16H,2-3,6-10,12H2,1H3,(H2,26,29)(H,28,31). The molecule has 3 aromatic rings. The second-order valence-electron chi connectivity index (χ2n) is 8.28. The lowest BCUT2D eigenvalue weighted by molar-refractivity contribution is -0.122. The molecule has 1 amide bonds. The number of amides is 1. The molecule has 0 saturated carbocycles. The Balaban J connectivity index is 1.13. The zero-order valence-electron chi connectivity index (χ0n) is 18.9. The fourth-order valence-corrected chi connectivity index (χ4v) is 7.00. The Hall–Kier alpha value is -1.36. The molecule has 6 nitrogen and oxygen atoms in total. The van der Waals surface area contributed by atoms with Crippen molar-refractivity contribution in [2.45, 2.75) is 49.5 Å². The number of aromatic nitrogens is 2. The summed E-state index contributed by atoms with van der Waals surface area (Å²) in [6.07, 6.45) is 3.29. The molecule has 11 heteroatoms. The van der Waals surface area contributed by atoms with E-state index in [0.29, 0.717) is 21.6 Å². The minimum absolute atomic E-state index is 0.137. The van der Waals surface area contributed by atoms with Crippen LogP contribution in [0.4, 0.5) is 5.13 Å². The van der Waals surface area contributed by atoms with Crippen LogP contribution in [0.25, 0.3) is 10.6 Å². The molecule has 34 heavy (non-hydrogen) atoms. The van der Waals surface area contributed by atoms with Gasteiger partial charge in [0.1, 0.15) is 0 Å². The smallest absolute Gasteiger partial charge is 0.220 e. The number of anilines is 1. The second kappa shape index (κ2) is 12.1. The molecule has 1 aromatic carbocycles. The van der Waals surface area contributed by atoms with Crippen LogP contribution < -0.4 is 11.1 Å². The number of likely N-dealkylation sites (tertiary alicyclic amines) is 1. The van der Waals surface area contributed by atoms with Gasteiger partial charge in [-0.15, -0.1) is 22.7 Å². The summed E-state index contributed by atoms with van der Waals surface area (Å²) in [7, 11) is 0. The molecule has 0 unspecified atom stereocenters. The summed E-state index contributed by atoms with van der Waals surface area (Å²) in [6, 6.07) is 6.04. The number of carbonyl (C=O) groups excluding carboxylic acids is 1. The lowest BCUT2D eigenvalue weighted by Crippen LogP contribution is -2.44. The predicted octanol–water partition coefficient (Wildman–Crippen LogP) is 6.12. The molecule has 3 heterocycles. The van der Waals surface area contributed by atoms with Crippen LogP contribution in [0.3, 0.4) is 0 Å². The normalized spacial score (nSPS) is 15.0. The maximum Gasteiger partial charge on any atom is 0.220 e. The number of nitrogens with one attached hydrogen (secondary N) is 1. The zero-order chi connectivity index (χ0) is 24.1. The maximum absolute atomic E-state index is 12.4. The van der Waals surface area contributed by atoms with Gasteiger partial charge in [0.15, 0.2) is 9.47 Å². The first-order valence-electron chi connectivity index (χ1n) is 11.1. The SMILES string of the molecule is Cc1nc(SCCCC(=O)NC2CCN(Cc3ccc(Cl)c(Cl)c3)CC2)sc1-c1csc(N)n1. The molecule has 2 aromatic heterocycles. The third kappa shape index (κ3) is 7.08. The number of thiazole rings is 2. The minimum atomic E-state index is 0.137. The molecule has 1 saturated heterocycles. The molecular formula is C23H27Cl2N5OS3. The lowest BCUT2D eigenvalue weighted by Gasteiger charge is -2.32. The summed E-state index contributed by atoms with van der Waals surface area (Å²) in [5.74, 6) is 0.999. The first-order valence-corrected chi connectivity index (χ1v) is 14.6. The number of hydrogen-bond donors (Lipinski definition) is 2. The molecule has 3 N–H and O–H groups in total. The summed E-state index contributed by atoms with van der Waals surface area (Å²) in [5.41, 5.74) is 8.78. The first kappa shape index (κ1) is 25.7. The van der Waals surface area contributed by atoms with Crippen molar-refractivity contribution >= 4 is 68.7 Å². The van der Waals surface area contributed by atoms with Gasteiger partial charge in [0.05, 0.1) is 26.3 Å². The quantitative estimate of drug-likeness (QED) is 0.244. The average molecular weight is 557 g/mol. The Labute approximate surface area is 222 Å². The first-order chi connectivity index (χ1) is 16.4. The van der Waals surface area contributed by atoms with Crippen LogP contribution in [-0.2, 0) is 11.3 Å². The third-order valence-electron chi connectivity index (χ3n) is 5.65. The molecule has 182 valence electrons. The van der Waals surface area contributed by atoms with Crippen molar-refractivity contribution in [2.24, 2.45) is 0 Å². The van der Waals surface area contributed by atoms with Crippen LogP contribution in [-0.4, -0.2) is 45.7 Å². The molecule has 4 rings (SSSR count). The maximum atomic E-state index is 12.4. The van der Waals surface area contributed by atoms with E-state index in [0.717, 1.165) is 70.8 Å². The minimum Gasteiger partial charge on any atom is -0.375 e. The molecule has 0 radical (unpaired) electrons. The highest BCUT2D eigenvalue weighted by Gasteiger charge is 2.21. The molecular weight excluding hydrogens is 529 g/mol. The van der Waals surface area contributed by atoms with Gasteiger partial charge in [0.25, 0.3) is 0 Å². The van der Waals surface area contributed by atoms with E-state index in [2.05, 4.69) is 20.2 Å². The molecule has 0 aliphatic carbocycles. The third-order valence-corrected chi connectivity index (χ3v) is 9.47. The van der Waals surface area contributed by atoms with Crippen molar-refractivity contribution in [3.05, 3.63) is 44.9 Å². The van der Waals surface area contributed by atoms with Crippen molar-refractivity contribution in [2.75, 3.05) is 24.6 Å². The topological polar surface area (TPSA) is 84.1 Å². The molecule has 0 atom stereocenters. The monoisotopic (exact) mass is 555 g/mol. The van der Waals surface area contributed by atoms with Gasteiger partial charge in [-0.25, -0.2) is 9.97 Å². The van der Waals surface area contributed by atoms with Gasteiger partial charge in [-0.05, 0) is 43.9 Å². The number of aryl methyl sites for hydroxylation is 1. The molecule has 1 aliphatic heterocycles. The van der Waals surface area contributed by atoms with Crippen LogP contribution in [0.15, 0.2) is 27.9 Å². The number of halogens is 2. The number of carbonyl (C=O) groups is 1. The Morgan fingerprint density at radius 2 is 2.06 bits per heavy atom. The number of nitrogens with two attached hydrogens (primary N) is 1. The summed E-state index contributed by atoms with van der Waals surface area (Å²) < 4.78 is 1.01. The highest BCUT2D eigenvalue weighted by Crippen LogP contribution is 2.35. The van der Waals surface area contributed by atoms with E-state index in [1.807, 2.05) is 30.5 Å². The lowest BCUT2D eigenvalue weighted by atomic mass is 10.0. The zero-order valence-corrected chi connectivity index (χ0v) is 22.8. The average Bonchev–Trinajstić information content (AvgIpc) is 3.40. The van der Waals surface area contributed by atoms with E-state index in [1.165, 1.54) is 11.3 Å². The van der Waals surface area contributed by atoms with Gasteiger partial charge in [-0.2, -0.15) is 0 Å². The van der Waals surface area contributed by atoms with Crippen LogP contribution in [0.5, 0.6) is 0 Å². The number of hydrogen-bond acceptors (Lipinski definition) is 8. The summed E-state index contributed by atoms with van der Waals surface area (Å²) >= 11 is 16.9. The summed E-state index contributed by atoms with van der Waals surface area (Å²) in [4.78, 5) is 24.9. The molecule has 0 bridgehead atoms. The molecule has 1 fully saturated rings. The van der Waals surface area contributed by atoms with Gasteiger partial charge in [0, 0.05) is 43.2 Å². The van der Waals surface area contributed by atoms with Gasteiger partial charge in [-0.3, -0.25) is 9.69 Å². The second-order valence-corrected chi connectivity index (χ2v) is 12.3. The Morgan fingerprint density at radius 1 is 1.26 bits per heavy atom. The highest BCUT2D eigenvalue weighted by atomic mass is 35.5. The molecule has 1 aliphatic rings. The number of benzene rings is 1. The van der Waals surface area contributed by atoms with Crippen molar-refractivity contribution in [3.63, 3.8) is 0 Å². The Kier molecular flexibility index (Phi) is 9.12. The van der Waals surface area contributed by atoms with Gasteiger partial charge in [-0.1, -0.05) is 41.0 Å². The van der Waals surface area contributed by atoms with E-state index in [1.54, 1.807) is 23.1 Å². The summed E-state index contributed by atoms with van der Waals surface area (Å²) in [6.45, 7) is 4.76. The van der Waals surface area contributed by atoms with Gasteiger partial charge < -0.3 is 11.1 Å². The predicted molar refractivity (Wildman–Crippen MR) is 145 cm³/mol. The van der Waals surface area contributed by atoms with E-state index in [9.17, 15) is 4.79 Å². The number of rotatable bonds is 9. The van der Waals surface area contributed by atoms with Crippen LogP contribution in [0.2, 0.25) is 10.0 Å². The number of piperidine rings is 1. The number of nitrogen functional groups attached to an aromatic ring is 1. The van der Waals surface area contributed by atoms with Gasteiger partial charge >= 0.3 is 0 Å². The Morgan fingerprint density at radius 3 is 2.76 bits per heavy atom. The number of thioether (sulfide) groups is 1. The fraction of sp³-hybridized carbons (Fsp3) is 0.435. The van der Waals surface area contributed by atoms with E-state index in [-0.39, 0.29) is 11.9 Å². The number of nitrogens with zero attached hydrogens (tertiary/aromatic N) is 3.